The molecule has 0 aromatic heterocycles. The summed E-state index contributed by atoms with van der Waals surface area (Å²) in [5, 5.41) is 2.93. The lowest BCUT2D eigenvalue weighted by molar-refractivity contribution is -0.140. The van der Waals surface area contributed by atoms with Gasteiger partial charge in [-0.25, -0.2) is 12.8 Å². The van der Waals surface area contributed by atoms with Gasteiger partial charge in [0.25, 0.3) is 10.0 Å². The van der Waals surface area contributed by atoms with E-state index in [2.05, 4.69) is 5.32 Å². The number of rotatable bonds is 13. The average molecular weight is 630 g/mol. The maximum Gasteiger partial charge on any atom is 0.264 e. The maximum atomic E-state index is 15.0. The number of hydrogen-bond donors (Lipinski definition) is 1. The second-order valence-corrected chi connectivity index (χ2v) is 13.4. The van der Waals surface area contributed by atoms with Gasteiger partial charge in [0.1, 0.15) is 18.4 Å². The summed E-state index contributed by atoms with van der Waals surface area (Å²) in [5.74, 6) is -1.42. The number of nitrogens with zero attached hydrogens (tertiary/aromatic N) is 2. The Hall–Kier alpha value is -4.50. The van der Waals surface area contributed by atoms with E-state index in [-0.39, 0.29) is 29.3 Å². The number of anilines is 1. The summed E-state index contributed by atoms with van der Waals surface area (Å²) in [4.78, 5) is 29.6. The molecule has 1 atom stereocenters. The molecule has 4 aromatic carbocycles. The van der Waals surface area contributed by atoms with Crippen LogP contribution in [0.2, 0.25) is 0 Å². The van der Waals surface area contributed by atoms with Crippen molar-refractivity contribution in [2.45, 2.75) is 51.6 Å². The average Bonchev–Trinajstić information content (AvgIpc) is 3.03. The lowest BCUT2D eigenvalue weighted by atomic mass is 10.0. The van der Waals surface area contributed by atoms with Crippen LogP contribution in [0.3, 0.4) is 0 Å². The van der Waals surface area contributed by atoms with Crippen LogP contribution in [0.25, 0.3) is 0 Å². The van der Waals surface area contributed by atoms with E-state index < -0.39 is 40.2 Å². The molecule has 0 bridgehead atoms. The quantitative estimate of drug-likeness (QED) is 0.195. The molecule has 0 saturated carbocycles. The monoisotopic (exact) mass is 629 g/mol. The summed E-state index contributed by atoms with van der Waals surface area (Å²) < 4.78 is 44.3. The van der Waals surface area contributed by atoms with Crippen LogP contribution in [0.1, 0.15) is 36.1 Å². The number of hydrogen-bond acceptors (Lipinski definition) is 4. The van der Waals surface area contributed by atoms with Crippen LogP contribution in [0, 0.1) is 25.6 Å². The smallest absolute Gasteiger partial charge is 0.264 e. The molecule has 0 heterocycles. The second-order valence-electron chi connectivity index (χ2n) is 11.6. The highest BCUT2D eigenvalue weighted by Gasteiger charge is 2.35. The molecule has 4 rings (SSSR count). The Bertz CT molecular complexity index is 1710. The predicted octanol–water partition coefficient (Wildman–Crippen LogP) is 6.05. The van der Waals surface area contributed by atoms with Crippen molar-refractivity contribution in [1.82, 2.24) is 10.2 Å². The van der Waals surface area contributed by atoms with Gasteiger partial charge in [-0.1, -0.05) is 86.6 Å². The molecule has 1 N–H and O–H groups in total. The Kier molecular flexibility index (Phi) is 11.1. The molecular formula is C36H40FN3O4S. The predicted molar refractivity (Wildman–Crippen MR) is 176 cm³/mol. The third-order valence-corrected chi connectivity index (χ3v) is 9.43. The van der Waals surface area contributed by atoms with Crippen LogP contribution < -0.4 is 9.62 Å². The van der Waals surface area contributed by atoms with E-state index in [9.17, 15) is 18.0 Å². The Balaban J connectivity index is 1.82. The van der Waals surface area contributed by atoms with Crippen molar-refractivity contribution < 1.29 is 22.4 Å². The number of carbonyl (C=O) groups is 2. The number of sulfonamides is 1. The minimum atomic E-state index is -4.21. The van der Waals surface area contributed by atoms with Crippen molar-refractivity contribution in [2.24, 2.45) is 5.92 Å². The van der Waals surface area contributed by atoms with Crippen molar-refractivity contribution in [2.75, 3.05) is 17.4 Å². The van der Waals surface area contributed by atoms with E-state index in [0.29, 0.717) is 12.2 Å². The van der Waals surface area contributed by atoms with Crippen LogP contribution in [-0.2, 0) is 32.6 Å². The Morgan fingerprint density at radius 2 is 1.44 bits per heavy atom. The number of benzene rings is 4. The van der Waals surface area contributed by atoms with E-state index in [0.717, 1.165) is 21.0 Å². The topological polar surface area (TPSA) is 86.8 Å². The van der Waals surface area contributed by atoms with Gasteiger partial charge in [-0.2, -0.15) is 0 Å². The number of aryl methyl sites for hydroxylation is 2. The van der Waals surface area contributed by atoms with E-state index in [1.165, 1.54) is 23.1 Å². The van der Waals surface area contributed by atoms with Crippen LogP contribution in [-0.4, -0.2) is 44.3 Å². The summed E-state index contributed by atoms with van der Waals surface area (Å²) in [6, 6.07) is 27.4. The summed E-state index contributed by atoms with van der Waals surface area (Å²) in [6.07, 6.45) is 0.153. The lowest BCUT2D eigenvalue weighted by Crippen LogP contribution is -2.53. The van der Waals surface area contributed by atoms with Gasteiger partial charge in [-0.3, -0.25) is 13.9 Å². The molecule has 9 heteroatoms. The number of halogens is 1. The van der Waals surface area contributed by atoms with E-state index in [1.807, 2.05) is 58.0 Å². The van der Waals surface area contributed by atoms with Gasteiger partial charge in [0, 0.05) is 25.1 Å². The highest BCUT2D eigenvalue weighted by atomic mass is 32.2. The first-order chi connectivity index (χ1) is 21.5. The van der Waals surface area contributed by atoms with Crippen molar-refractivity contribution in [3.05, 3.63) is 131 Å². The fourth-order valence-corrected chi connectivity index (χ4v) is 6.34. The van der Waals surface area contributed by atoms with Crippen LogP contribution in [0.15, 0.2) is 108 Å². The third kappa shape index (κ3) is 8.57. The molecule has 0 saturated heterocycles. The highest BCUT2D eigenvalue weighted by molar-refractivity contribution is 7.92. The first-order valence-electron chi connectivity index (χ1n) is 15.0. The molecule has 0 aliphatic rings. The van der Waals surface area contributed by atoms with Gasteiger partial charge in [-0.05, 0) is 66.8 Å². The maximum absolute atomic E-state index is 15.0. The molecule has 0 fully saturated rings. The van der Waals surface area contributed by atoms with Crippen LogP contribution in [0.5, 0.6) is 0 Å². The minimum absolute atomic E-state index is 0.0205. The first-order valence-corrected chi connectivity index (χ1v) is 16.4. The van der Waals surface area contributed by atoms with Crippen molar-refractivity contribution >= 4 is 27.5 Å². The molecule has 236 valence electrons. The number of carbonyl (C=O) groups excluding carboxylic acids is 2. The van der Waals surface area contributed by atoms with Gasteiger partial charge < -0.3 is 10.2 Å². The van der Waals surface area contributed by atoms with Crippen LogP contribution >= 0.6 is 0 Å². The molecule has 0 unspecified atom stereocenters. The van der Waals surface area contributed by atoms with Crippen molar-refractivity contribution in [3.8, 4) is 0 Å². The normalized spacial score (nSPS) is 12.0. The number of amides is 2. The van der Waals surface area contributed by atoms with Crippen LogP contribution in [0.4, 0.5) is 10.1 Å². The molecule has 7 nitrogen and oxygen atoms in total. The van der Waals surface area contributed by atoms with Gasteiger partial charge in [0.15, 0.2) is 0 Å². The summed E-state index contributed by atoms with van der Waals surface area (Å²) >= 11 is 0. The lowest BCUT2D eigenvalue weighted by Gasteiger charge is -2.34. The zero-order valence-corrected chi connectivity index (χ0v) is 26.9. The molecule has 2 amide bonds. The Labute approximate surface area is 265 Å². The molecule has 0 aliphatic heterocycles. The SMILES string of the molecule is Cc1ccc(N(CC(=O)N(Cc2ccccc2F)[C@@H](Cc2ccccc2)C(=O)NCC(C)C)S(=O)(=O)c2ccccc2)cc1C. The highest BCUT2D eigenvalue weighted by Crippen LogP contribution is 2.27. The fraction of sp³-hybridized carbons (Fsp3) is 0.278. The minimum Gasteiger partial charge on any atom is -0.354 e. The third-order valence-electron chi connectivity index (χ3n) is 7.64. The summed E-state index contributed by atoms with van der Waals surface area (Å²) in [5.41, 5.74) is 3.14. The van der Waals surface area contributed by atoms with Gasteiger partial charge in [0.05, 0.1) is 10.6 Å². The number of nitrogens with one attached hydrogen (secondary N) is 1. The first kappa shape index (κ1) is 33.4. The van der Waals surface area contributed by atoms with Crippen molar-refractivity contribution in [3.63, 3.8) is 0 Å². The largest absolute Gasteiger partial charge is 0.354 e. The molecule has 0 aliphatic carbocycles. The van der Waals surface area contributed by atoms with Crippen molar-refractivity contribution in [1.29, 1.82) is 0 Å². The van der Waals surface area contributed by atoms with Gasteiger partial charge >= 0.3 is 0 Å². The Morgan fingerprint density at radius 3 is 2.07 bits per heavy atom. The zero-order chi connectivity index (χ0) is 32.6. The van der Waals surface area contributed by atoms with Gasteiger partial charge in [0.2, 0.25) is 11.8 Å². The molecule has 4 aromatic rings. The second kappa shape index (κ2) is 15.0. The standard InChI is InChI=1S/C36H40FN3O4S/c1-26(2)23-38-36(42)34(22-29-13-7-5-8-14-29)39(24-30-15-11-12-18-33(30)37)35(41)25-40(31-20-19-27(3)28(4)21-31)45(43,44)32-16-9-6-10-17-32/h5-21,26,34H,22-25H2,1-4H3,(H,38,42)/t34-/m0/s1. The van der Waals surface area contributed by atoms with E-state index in [1.54, 1.807) is 54.6 Å². The Morgan fingerprint density at radius 1 is 0.822 bits per heavy atom. The summed E-state index contributed by atoms with van der Waals surface area (Å²) in [6.45, 7) is 7.26. The molecule has 0 radical (unpaired) electrons. The zero-order valence-electron chi connectivity index (χ0n) is 26.1. The molecule has 45 heavy (non-hydrogen) atoms. The molecule has 0 spiro atoms. The van der Waals surface area contributed by atoms with Gasteiger partial charge in [-0.15, -0.1) is 0 Å². The summed E-state index contributed by atoms with van der Waals surface area (Å²) in [7, 11) is -4.21. The molecular weight excluding hydrogens is 589 g/mol. The fourth-order valence-electron chi connectivity index (χ4n) is 4.92. The van der Waals surface area contributed by atoms with E-state index >= 15 is 4.39 Å². The van der Waals surface area contributed by atoms with E-state index in [4.69, 9.17) is 0 Å².